The minimum atomic E-state index is 0.199. The molecule has 0 radical (unpaired) electrons. The molecule has 1 heterocycles. The number of hydrogen-bond donors (Lipinski definition) is 0. The van der Waals surface area contributed by atoms with E-state index in [-0.39, 0.29) is 5.38 Å². The van der Waals surface area contributed by atoms with Crippen LogP contribution in [0.2, 0.25) is 0 Å². The van der Waals surface area contributed by atoms with Gasteiger partial charge < -0.3 is 0 Å². The van der Waals surface area contributed by atoms with Crippen LogP contribution in [0.5, 0.6) is 0 Å². The predicted molar refractivity (Wildman–Crippen MR) is 60.3 cm³/mol. The van der Waals surface area contributed by atoms with E-state index in [0.29, 0.717) is 0 Å². The van der Waals surface area contributed by atoms with Crippen molar-refractivity contribution in [3.8, 4) is 0 Å². The van der Waals surface area contributed by atoms with Crippen molar-refractivity contribution >= 4 is 38.9 Å². The van der Waals surface area contributed by atoms with Gasteiger partial charge in [-0.3, -0.25) is 0 Å². The average Bonchev–Trinajstić information content (AvgIpc) is 2.33. The molecular weight excluding hydrogens is 256 g/mol. The maximum absolute atomic E-state index is 6.18. The molecule has 0 aliphatic rings. The van der Waals surface area contributed by atoms with Crippen LogP contribution in [0.25, 0.3) is 0 Å². The SMILES string of the molecule is CCCC(Cl)c1cc(Br)c(C)s1. The summed E-state index contributed by atoms with van der Waals surface area (Å²) in [6.07, 6.45) is 2.21. The van der Waals surface area contributed by atoms with Gasteiger partial charge in [0.15, 0.2) is 0 Å². The summed E-state index contributed by atoms with van der Waals surface area (Å²) in [6, 6.07) is 2.13. The normalized spacial score (nSPS) is 13.3. The molecule has 3 heteroatoms. The lowest BCUT2D eigenvalue weighted by atomic mass is 10.2. The van der Waals surface area contributed by atoms with Gasteiger partial charge in [-0.1, -0.05) is 13.3 Å². The minimum Gasteiger partial charge on any atom is -0.143 e. The number of rotatable bonds is 3. The zero-order chi connectivity index (χ0) is 9.14. The Hall–Kier alpha value is 0.470. The van der Waals surface area contributed by atoms with Crippen LogP contribution in [-0.2, 0) is 0 Å². The molecule has 1 atom stereocenters. The molecule has 0 saturated heterocycles. The fourth-order valence-electron chi connectivity index (χ4n) is 1.03. The van der Waals surface area contributed by atoms with E-state index in [2.05, 4.69) is 35.8 Å². The summed E-state index contributed by atoms with van der Waals surface area (Å²) in [7, 11) is 0. The molecule has 0 amide bonds. The van der Waals surface area contributed by atoms with Gasteiger partial charge in [0, 0.05) is 14.2 Å². The van der Waals surface area contributed by atoms with Crippen molar-refractivity contribution in [3.63, 3.8) is 0 Å². The summed E-state index contributed by atoms with van der Waals surface area (Å²) in [5.74, 6) is 0. The van der Waals surface area contributed by atoms with Crippen LogP contribution in [-0.4, -0.2) is 0 Å². The molecule has 0 spiro atoms. The lowest BCUT2D eigenvalue weighted by Crippen LogP contribution is -1.83. The highest BCUT2D eigenvalue weighted by molar-refractivity contribution is 9.10. The molecule has 0 fully saturated rings. The van der Waals surface area contributed by atoms with Gasteiger partial charge in [0.2, 0.25) is 0 Å². The van der Waals surface area contributed by atoms with E-state index in [1.54, 1.807) is 11.3 Å². The molecule has 68 valence electrons. The monoisotopic (exact) mass is 266 g/mol. The van der Waals surface area contributed by atoms with E-state index in [9.17, 15) is 0 Å². The van der Waals surface area contributed by atoms with Crippen LogP contribution in [0.3, 0.4) is 0 Å². The molecule has 0 bridgehead atoms. The first-order chi connectivity index (χ1) is 5.65. The fourth-order valence-corrected chi connectivity index (χ4v) is 3.02. The summed E-state index contributed by atoms with van der Waals surface area (Å²) < 4.78 is 1.18. The molecule has 0 nitrogen and oxygen atoms in total. The second-order valence-electron chi connectivity index (χ2n) is 2.81. The average molecular weight is 268 g/mol. The molecule has 0 N–H and O–H groups in total. The Morgan fingerprint density at radius 2 is 2.33 bits per heavy atom. The van der Waals surface area contributed by atoms with Gasteiger partial charge in [0.05, 0.1) is 5.38 Å². The van der Waals surface area contributed by atoms with Gasteiger partial charge in [0.25, 0.3) is 0 Å². The zero-order valence-electron chi connectivity index (χ0n) is 7.23. The molecule has 1 unspecified atom stereocenters. The highest BCUT2D eigenvalue weighted by atomic mass is 79.9. The van der Waals surface area contributed by atoms with Crippen LogP contribution < -0.4 is 0 Å². The van der Waals surface area contributed by atoms with E-state index in [1.807, 2.05) is 0 Å². The van der Waals surface area contributed by atoms with Crippen molar-refractivity contribution < 1.29 is 0 Å². The van der Waals surface area contributed by atoms with Gasteiger partial charge >= 0.3 is 0 Å². The lowest BCUT2D eigenvalue weighted by Gasteiger charge is -2.02. The maximum atomic E-state index is 6.18. The highest BCUT2D eigenvalue weighted by Gasteiger charge is 2.10. The third-order valence-corrected chi connectivity index (χ3v) is 4.56. The molecule has 1 aromatic heterocycles. The van der Waals surface area contributed by atoms with Crippen LogP contribution in [0, 0.1) is 6.92 Å². The zero-order valence-corrected chi connectivity index (χ0v) is 10.4. The van der Waals surface area contributed by atoms with Crippen molar-refractivity contribution in [2.45, 2.75) is 32.1 Å². The Morgan fingerprint density at radius 1 is 1.67 bits per heavy atom. The maximum Gasteiger partial charge on any atom is 0.0679 e. The molecule has 0 aliphatic heterocycles. The van der Waals surface area contributed by atoms with Crippen LogP contribution in [0.4, 0.5) is 0 Å². The Bertz CT molecular complexity index is 238. The topological polar surface area (TPSA) is 0 Å². The number of halogens is 2. The van der Waals surface area contributed by atoms with Gasteiger partial charge in [-0.25, -0.2) is 0 Å². The lowest BCUT2D eigenvalue weighted by molar-refractivity contribution is 0.780. The molecule has 12 heavy (non-hydrogen) atoms. The third kappa shape index (κ3) is 2.48. The summed E-state index contributed by atoms with van der Waals surface area (Å²) in [5, 5.41) is 0.199. The number of aryl methyl sites for hydroxylation is 1. The second kappa shape index (κ2) is 4.64. The van der Waals surface area contributed by atoms with Crippen molar-refractivity contribution in [1.29, 1.82) is 0 Å². The molecule has 1 aromatic rings. The third-order valence-electron chi connectivity index (χ3n) is 1.73. The Kier molecular flexibility index (Phi) is 4.08. The smallest absolute Gasteiger partial charge is 0.0679 e. The summed E-state index contributed by atoms with van der Waals surface area (Å²) in [6.45, 7) is 4.26. The summed E-state index contributed by atoms with van der Waals surface area (Å²) in [4.78, 5) is 2.59. The molecular formula is C9H12BrClS. The number of alkyl halides is 1. The van der Waals surface area contributed by atoms with E-state index in [4.69, 9.17) is 11.6 Å². The van der Waals surface area contributed by atoms with Crippen molar-refractivity contribution in [1.82, 2.24) is 0 Å². The second-order valence-corrected chi connectivity index (χ2v) is 5.48. The van der Waals surface area contributed by atoms with E-state index >= 15 is 0 Å². The summed E-state index contributed by atoms with van der Waals surface area (Å²) >= 11 is 11.5. The largest absolute Gasteiger partial charge is 0.143 e. The van der Waals surface area contributed by atoms with E-state index in [1.165, 1.54) is 14.2 Å². The van der Waals surface area contributed by atoms with Crippen LogP contribution in [0.15, 0.2) is 10.5 Å². The molecule has 0 aliphatic carbocycles. The van der Waals surface area contributed by atoms with Gasteiger partial charge in [0.1, 0.15) is 0 Å². The van der Waals surface area contributed by atoms with Gasteiger partial charge in [-0.2, -0.15) is 0 Å². The molecule has 0 aromatic carbocycles. The van der Waals surface area contributed by atoms with Gasteiger partial charge in [-0.15, -0.1) is 22.9 Å². The number of hydrogen-bond acceptors (Lipinski definition) is 1. The van der Waals surface area contributed by atoms with E-state index in [0.717, 1.165) is 12.8 Å². The molecule has 1 rings (SSSR count). The minimum absolute atomic E-state index is 0.199. The summed E-state index contributed by atoms with van der Waals surface area (Å²) in [5.41, 5.74) is 0. The first-order valence-electron chi connectivity index (χ1n) is 4.05. The first kappa shape index (κ1) is 10.6. The quantitative estimate of drug-likeness (QED) is 0.683. The fraction of sp³-hybridized carbons (Fsp3) is 0.556. The standard InChI is InChI=1S/C9H12BrClS/c1-3-4-8(11)9-5-7(10)6(2)12-9/h5,8H,3-4H2,1-2H3. The Morgan fingerprint density at radius 3 is 2.75 bits per heavy atom. The number of thiophene rings is 1. The van der Waals surface area contributed by atoms with E-state index < -0.39 is 0 Å². The van der Waals surface area contributed by atoms with Gasteiger partial charge in [-0.05, 0) is 35.3 Å². The Balaban J connectivity index is 2.74. The highest BCUT2D eigenvalue weighted by Crippen LogP contribution is 2.35. The molecule has 0 saturated carbocycles. The Labute approximate surface area is 91.1 Å². The van der Waals surface area contributed by atoms with Crippen LogP contribution in [0.1, 0.15) is 34.9 Å². The van der Waals surface area contributed by atoms with Crippen molar-refractivity contribution in [2.24, 2.45) is 0 Å². The predicted octanol–water partition coefficient (Wildman–Crippen LogP) is 4.90. The van der Waals surface area contributed by atoms with Crippen molar-refractivity contribution in [2.75, 3.05) is 0 Å². The van der Waals surface area contributed by atoms with Crippen LogP contribution >= 0.6 is 38.9 Å². The van der Waals surface area contributed by atoms with Crippen molar-refractivity contribution in [3.05, 3.63) is 20.3 Å². The first-order valence-corrected chi connectivity index (χ1v) is 6.09.